The molecule has 166 valence electrons. The van der Waals surface area contributed by atoms with Gasteiger partial charge in [-0.3, -0.25) is 14.4 Å². The number of sulfonamides is 1. The molecule has 0 spiro atoms. The second-order valence-electron chi connectivity index (χ2n) is 6.61. The fraction of sp³-hybridized carbons (Fsp3) is 0.368. The predicted molar refractivity (Wildman–Crippen MR) is 113 cm³/mol. The number of anilines is 1. The first kappa shape index (κ1) is 22.8. The third-order valence-corrected chi connectivity index (χ3v) is 7.17. The molecule has 2 N–H and O–H groups in total. The monoisotopic (exact) mass is 466 g/mol. The molecule has 1 atom stereocenters. The van der Waals surface area contributed by atoms with E-state index in [9.17, 15) is 22.8 Å². The summed E-state index contributed by atoms with van der Waals surface area (Å²) in [5.74, 6) is -1.53. The van der Waals surface area contributed by atoms with Crippen molar-refractivity contribution >= 4 is 44.3 Å². The zero-order valence-electron chi connectivity index (χ0n) is 16.7. The maximum absolute atomic E-state index is 13.0. The SMILES string of the molecule is CCOC(=O)Cc1csc(NC(=O)C[C@H]2C(=O)NCCN2S(=O)(=O)c2ccccc2)n1. The number of rotatable bonds is 8. The summed E-state index contributed by atoms with van der Waals surface area (Å²) in [4.78, 5) is 40.7. The fourth-order valence-corrected chi connectivity index (χ4v) is 5.39. The lowest BCUT2D eigenvalue weighted by atomic mass is 10.1. The van der Waals surface area contributed by atoms with Gasteiger partial charge < -0.3 is 15.4 Å². The van der Waals surface area contributed by atoms with Gasteiger partial charge in [-0.15, -0.1) is 11.3 Å². The first-order chi connectivity index (χ1) is 14.8. The van der Waals surface area contributed by atoms with Crippen LogP contribution in [0.1, 0.15) is 19.0 Å². The van der Waals surface area contributed by atoms with E-state index in [1.54, 1.807) is 30.5 Å². The number of nitrogens with zero attached hydrogens (tertiary/aromatic N) is 2. The van der Waals surface area contributed by atoms with Crippen LogP contribution in [0, 0.1) is 0 Å². The van der Waals surface area contributed by atoms with Crippen molar-refractivity contribution in [3.8, 4) is 0 Å². The number of carbonyl (C=O) groups is 3. The van der Waals surface area contributed by atoms with Crippen molar-refractivity contribution in [2.75, 3.05) is 25.0 Å². The van der Waals surface area contributed by atoms with Crippen molar-refractivity contribution in [2.24, 2.45) is 0 Å². The number of amides is 2. The van der Waals surface area contributed by atoms with Gasteiger partial charge in [0.05, 0.1) is 30.0 Å². The molecule has 2 amide bonds. The van der Waals surface area contributed by atoms with E-state index in [1.807, 2.05) is 0 Å². The summed E-state index contributed by atoms with van der Waals surface area (Å²) >= 11 is 1.12. The topological polar surface area (TPSA) is 135 Å². The number of carbonyl (C=O) groups excluding carboxylic acids is 3. The maximum Gasteiger partial charge on any atom is 0.311 e. The number of hydrogen-bond acceptors (Lipinski definition) is 8. The minimum absolute atomic E-state index is 0.0195. The summed E-state index contributed by atoms with van der Waals surface area (Å²) in [6.07, 6.45) is -0.390. The number of ether oxygens (including phenoxy) is 1. The second kappa shape index (κ2) is 9.98. The molecule has 1 fully saturated rings. The van der Waals surface area contributed by atoms with Crippen molar-refractivity contribution < 1.29 is 27.5 Å². The Bertz CT molecular complexity index is 1050. The number of benzene rings is 1. The summed E-state index contributed by atoms with van der Waals surface area (Å²) in [5.41, 5.74) is 0.447. The lowest BCUT2D eigenvalue weighted by Crippen LogP contribution is -2.57. The molecule has 12 heteroatoms. The second-order valence-corrected chi connectivity index (χ2v) is 9.36. The molecule has 2 aromatic rings. The first-order valence-electron chi connectivity index (χ1n) is 9.55. The summed E-state index contributed by atoms with van der Waals surface area (Å²) in [7, 11) is -3.95. The Labute approximate surface area is 183 Å². The van der Waals surface area contributed by atoms with E-state index in [0.717, 1.165) is 15.6 Å². The Balaban J connectivity index is 1.69. The normalized spacial score (nSPS) is 17.1. The largest absolute Gasteiger partial charge is 0.466 e. The van der Waals surface area contributed by atoms with E-state index in [2.05, 4.69) is 15.6 Å². The van der Waals surface area contributed by atoms with Gasteiger partial charge in [0, 0.05) is 18.5 Å². The standard InChI is InChI=1S/C19H22N4O6S2/c1-2-29-17(25)10-13-12-30-19(21-13)22-16(24)11-15-18(26)20-8-9-23(15)31(27,28)14-6-4-3-5-7-14/h3-7,12,15H,2,8-11H2,1H3,(H,20,26)(H,21,22,24)/t15-/m0/s1. The highest BCUT2D eigenvalue weighted by molar-refractivity contribution is 7.89. The molecule has 31 heavy (non-hydrogen) atoms. The highest BCUT2D eigenvalue weighted by Gasteiger charge is 2.39. The zero-order chi connectivity index (χ0) is 22.4. The molecule has 1 aromatic heterocycles. The number of nitrogens with one attached hydrogen (secondary N) is 2. The number of esters is 1. The number of thiazole rings is 1. The molecule has 1 aliphatic heterocycles. The molecule has 2 heterocycles. The van der Waals surface area contributed by atoms with Crippen LogP contribution in [0.3, 0.4) is 0 Å². The van der Waals surface area contributed by atoms with Gasteiger partial charge >= 0.3 is 5.97 Å². The Hall–Kier alpha value is -2.83. The van der Waals surface area contributed by atoms with E-state index in [1.165, 1.54) is 12.1 Å². The summed E-state index contributed by atoms with van der Waals surface area (Å²) in [6, 6.07) is 6.58. The van der Waals surface area contributed by atoms with Crippen molar-refractivity contribution in [3.05, 3.63) is 41.4 Å². The molecule has 10 nitrogen and oxygen atoms in total. The Morgan fingerprint density at radius 3 is 2.77 bits per heavy atom. The average molecular weight is 467 g/mol. The van der Waals surface area contributed by atoms with E-state index < -0.39 is 33.8 Å². The van der Waals surface area contributed by atoms with Crippen LogP contribution in [0.5, 0.6) is 0 Å². The summed E-state index contributed by atoms with van der Waals surface area (Å²) in [5, 5.41) is 7.03. The Morgan fingerprint density at radius 2 is 2.06 bits per heavy atom. The predicted octanol–water partition coefficient (Wildman–Crippen LogP) is 0.767. The van der Waals surface area contributed by atoms with E-state index in [-0.39, 0.29) is 42.6 Å². The van der Waals surface area contributed by atoms with Gasteiger partial charge in [-0.05, 0) is 19.1 Å². The van der Waals surface area contributed by atoms with Crippen LogP contribution in [0.4, 0.5) is 5.13 Å². The van der Waals surface area contributed by atoms with E-state index >= 15 is 0 Å². The van der Waals surface area contributed by atoms with Gasteiger partial charge in [0.1, 0.15) is 6.04 Å². The molecular weight excluding hydrogens is 444 g/mol. The molecule has 0 aliphatic carbocycles. The highest BCUT2D eigenvalue weighted by atomic mass is 32.2. The van der Waals surface area contributed by atoms with Crippen LogP contribution in [0.25, 0.3) is 0 Å². The number of aromatic nitrogens is 1. The molecule has 1 aliphatic rings. The Kier molecular flexibility index (Phi) is 7.36. The Morgan fingerprint density at radius 1 is 1.32 bits per heavy atom. The zero-order valence-corrected chi connectivity index (χ0v) is 18.4. The molecular formula is C19H22N4O6S2. The fourth-order valence-electron chi connectivity index (χ4n) is 3.06. The van der Waals surface area contributed by atoms with Crippen LogP contribution in [-0.4, -0.2) is 61.2 Å². The molecule has 1 aromatic carbocycles. The molecule has 0 saturated carbocycles. The van der Waals surface area contributed by atoms with Crippen LogP contribution in [-0.2, 0) is 35.6 Å². The minimum Gasteiger partial charge on any atom is -0.466 e. The average Bonchev–Trinajstić information content (AvgIpc) is 3.16. The van der Waals surface area contributed by atoms with Crippen molar-refractivity contribution in [1.82, 2.24) is 14.6 Å². The van der Waals surface area contributed by atoms with Gasteiger partial charge in [0.25, 0.3) is 0 Å². The van der Waals surface area contributed by atoms with Crippen LogP contribution < -0.4 is 10.6 Å². The van der Waals surface area contributed by atoms with Crippen LogP contribution >= 0.6 is 11.3 Å². The first-order valence-corrected chi connectivity index (χ1v) is 11.9. The molecule has 1 saturated heterocycles. The lowest BCUT2D eigenvalue weighted by molar-refractivity contribution is -0.142. The number of hydrogen-bond donors (Lipinski definition) is 2. The van der Waals surface area contributed by atoms with Gasteiger partial charge in [-0.2, -0.15) is 4.31 Å². The third kappa shape index (κ3) is 5.66. The highest BCUT2D eigenvalue weighted by Crippen LogP contribution is 2.22. The number of piperazine rings is 1. The maximum atomic E-state index is 13.0. The summed E-state index contributed by atoms with van der Waals surface area (Å²) in [6.45, 7) is 2.18. The van der Waals surface area contributed by atoms with Gasteiger partial charge in [-0.25, -0.2) is 13.4 Å². The van der Waals surface area contributed by atoms with Gasteiger partial charge in [-0.1, -0.05) is 18.2 Å². The van der Waals surface area contributed by atoms with E-state index in [0.29, 0.717) is 5.69 Å². The quantitative estimate of drug-likeness (QED) is 0.549. The van der Waals surface area contributed by atoms with Crippen molar-refractivity contribution in [1.29, 1.82) is 0 Å². The lowest BCUT2D eigenvalue weighted by Gasteiger charge is -2.33. The van der Waals surface area contributed by atoms with Gasteiger partial charge in [0.2, 0.25) is 21.8 Å². The van der Waals surface area contributed by atoms with Gasteiger partial charge in [0.15, 0.2) is 5.13 Å². The molecule has 0 bridgehead atoms. The van der Waals surface area contributed by atoms with Crippen LogP contribution in [0.2, 0.25) is 0 Å². The minimum atomic E-state index is -3.95. The smallest absolute Gasteiger partial charge is 0.311 e. The molecule has 0 unspecified atom stereocenters. The molecule has 0 radical (unpaired) electrons. The third-order valence-electron chi connectivity index (χ3n) is 4.44. The summed E-state index contributed by atoms with van der Waals surface area (Å²) < 4.78 is 31.9. The van der Waals surface area contributed by atoms with Crippen LogP contribution in [0.15, 0.2) is 40.6 Å². The van der Waals surface area contributed by atoms with E-state index in [4.69, 9.17) is 4.74 Å². The van der Waals surface area contributed by atoms with Crippen molar-refractivity contribution in [3.63, 3.8) is 0 Å². The van der Waals surface area contributed by atoms with Crippen molar-refractivity contribution in [2.45, 2.75) is 30.7 Å². The molecule has 3 rings (SSSR count).